The van der Waals surface area contributed by atoms with Crippen LogP contribution < -0.4 is 10.2 Å². The molecule has 0 aliphatic rings. The molecule has 0 unspecified atom stereocenters. The summed E-state index contributed by atoms with van der Waals surface area (Å²) in [7, 11) is 0. The number of ether oxygens (including phenoxy) is 1. The highest BCUT2D eigenvalue weighted by atomic mass is 35.5. The summed E-state index contributed by atoms with van der Waals surface area (Å²) in [5.74, 6) is 0.755. The van der Waals surface area contributed by atoms with Gasteiger partial charge in [-0.2, -0.15) is 5.10 Å². The van der Waals surface area contributed by atoms with Crippen LogP contribution in [0, 0.1) is 6.92 Å². The van der Waals surface area contributed by atoms with Crippen LogP contribution in [-0.2, 0) is 6.61 Å². The van der Waals surface area contributed by atoms with Gasteiger partial charge in [-0.1, -0.05) is 47.2 Å². The second-order valence-electron chi connectivity index (χ2n) is 5.85. The fraction of sp³-hybridized carbons (Fsp3) is 0.150. The van der Waals surface area contributed by atoms with Crippen molar-refractivity contribution < 1.29 is 9.53 Å². The Morgan fingerprint density at radius 1 is 1.30 bits per heavy atom. The third kappa shape index (κ3) is 5.39. The van der Waals surface area contributed by atoms with Crippen molar-refractivity contribution in [2.75, 3.05) is 5.43 Å². The van der Waals surface area contributed by atoms with Crippen molar-refractivity contribution in [3.05, 3.63) is 75.3 Å². The predicted octanol–water partition coefficient (Wildman–Crippen LogP) is 5.33. The normalized spacial score (nSPS) is 10.9. The number of ketones is 1. The minimum absolute atomic E-state index is 0.00701. The van der Waals surface area contributed by atoms with Crippen LogP contribution >= 0.6 is 22.9 Å². The molecule has 0 saturated carbocycles. The number of rotatable bonds is 7. The average molecular weight is 400 g/mol. The van der Waals surface area contributed by atoms with Gasteiger partial charge in [-0.15, -0.1) is 0 Å². The van der Waals surface area contributed by atoms with Gasteiger partial charge in [-0.3, -0.25) is 10.2 Å². The minimum atomic E-state index is 0.00701. The van der Waals surface area contributed by atoms with E-state index in [2.05, 4.69) is 15.5 Å². The molecule has 0 aliphatic heterocycles. The monoisotopic (exact) mass is 399 g/mol. The van der Waals surface area contributed by atoms with Crippen LogP contribution in [0.5, 0.6) is 5.75 Å². The van der Waals surface area contributed by atoms with Gasteiger partial charge in [0.15, 0.2) is 5.78 Å². The van der Waals surface area contributed by atoms with E-state index in [1.807, 2.05) is 55.5 Å². The number of thiazole rings is 1. The summed E-state index contributed by atoms with van der Waals surface area (Å²) >= 11 is 7.18. The number of hydrogen-bond acceptors (Lipinski definition) is 6. The number of hydrazone groups is 1. The lowest BCUT2D eigenvalue weighted by molar-refractivity contribution is 0.102. The molecule has 2 aromatic carbocycles. The number of nitrogens with zero attached hydrogens (tertiary/aromatic N) is 2. The Labute approximate surface area is 166 Å². The zero-order chi connectivity index (χ0) is 19.2. The van der Waals surface area contributed by atoms with E-state index in [0.29, 0.717) is 27.3 Å². The largest absolute Gasteiger partial charge is 0.489 e. The lowest BCUT2D eigenvalue weighted by Gasteiger charge is -2.07. The van der Waals surface area contributed by atoms with E-state index >= 15 is 0 Å². The Kier molecular flexibility index (Phi) is 6.21. The molecule has 1 heterocycles. The molecule has 0 saturated heterocycles. The summed E-state index contributed by atoms with van der Waals surface area (Å²) in [5, 5.41) is 5.48. The number of carbonyl (C=O) groups excluding carboxylic acids is 1. The Bertz CT molecular complexity index is 968. The number of carbonyl (C=O) groups is 1. The van der Waals surface area contributed by atoms with Crippen LogP contribution in [0.4, 0.5) is 5.13 Å². The second kappa shape index (κ2) is 8.79. The van der Waals surface area contributed by atoms with Crippen molar-refractivity contribution in [3.63, 3.8) is 0 Å². The highest BCUT2D eigenvalue weighted by Crippen LogP contribution is 2.23. The first-order valence-corrected chi connectivity index (χ1v) is 9.45. The first kappa shape index (κ1) is 19.1. The molecule has 5 nitrogen and oxygen atoms in total. The summed E-state index contributed by atoms with van der Waals surface area (Å²) < 4.78 is 5.81. The van der Waals surface area contributed by atoms with Gasteiger partial charge in [-0.05, 0) is 42.3 Å². The van der Waals surface area contributed by atoms with Crippen molar-refractivity contribution in [2.24, 2.45) is 5.10 Å². The van der Waals surface area contributed by atoms with E-state index in [9.17, 15) is 4.79 Å². The predicted molar refractivity (Wildman–Crippen MR) is 110 cm³/mol. The number of anilines is 1. The van der Waals surface area contributed by atoms with Gasteiger partial charge in [0.1, 0.15) is 12.4 Å². The number of benzene rings is 2. The zero-order valence-corrected chi connectivity index (χ0v) is 16.5. The van der Waals surface area contributed by atoms with Crippen molar-refractivity contribution in [2.45, 2.75) is 20.5 Å². The summed E-state index contributed by atoms with van der Waals surface area (Å²) in [5.41, 5.74) is 5.50. The second-order valence-corrected chi connectivity index (χ2v) is 7.28. The van der Waals surface area contributed by atoms with E-state index in [1.54, 1.807) is 6.21 Å². The third-order valence-corrected chi connectivity index (χ3v) is 5.08. The molecule has 0 radical (unpaired) electrons. The van der Waals surface area contributed by atoms with Crippen molar-refractivity contribution >= 4 is 40.1 Å². The van der Waals surface area contributed by atoms with Gasteiger partial charge in [0.05, 0.1) is 16.8 Å². The van der Waals surface area contributed by atoms with Crippen LogP contribution in [0.1, 0.15) is 33.4 Å². The summed E-state index contributed by atoms with van der Waals surface area (Å²) in [6.45, 7) is 3.80. The Morgan fingerprint density at radius 2 is 2.07 bits per heavy atom. The first-order valence-electron chi connectivity index (χ1n) is 8.26. The molecule has 0 fully saturated rings. The van der Waals surface area contributed by atoms with Gasteiger partial charge in [0, 0.05) is 11.9 Å². The van der Waals surface area contributed by atoms with Crippen LogP contribution in [0.3, 0.4) is 0 Å². The Hall–Kier alpha value is -2.70. The van der Waals surface area contributed by atoms with E-state index < -0.39 is 0 Å². The van der Waals surface area contributed by atoms with Gasteiger partial charge in [0.2, 0.25) is 5.13 Å². The third-order valence-electron chi connectivity index (χ3n) is 3.67. The Morgan fingerprint density at radius 3 is 2.78 bits per heavy atom. The number of aryl methyl sites for hydroxylation is 1. The van der Waals surface area contributed by atoms with Gasteiger partial charge in [-0.25, -0.2) is 4.98 Å². The molecule has 0 atom stereocenters. The standard InChI is InChI=1S/C20H18ClN3O2S/c1-13-19(14(2)25)27-20(23-13)24-22-11-16-4-3-5-18(10-16)26-12-15-6-8-17(21)9-7-15/h3-11H,12H2,1-2H3,(H,23,24)/b22-11+. The molecule has 3 rings (SSSR count). The van der Waals surface area contributed by atoms with Crippen LogP contribution in [-0.4, -0.2) is 17.0 Å². The molecule has 0 spiro atoms. The van der Waals surface area contributed by atoms with Gasteiger partial charge >= 0.3 is 0 Å². The Balaban J connectivity index is 1.59. The summed E-state index contributed by atoms with van der Waals surface area (Å²) in [6, 6.07) is 15.2. The highest BCUT2D eigenvalue weighted by Gasteiger charge is 2.10. The lowest BCUT2D eigenvalue weighted by Crippen LogP contribution is -1.96. The van der Waals surface area contributed by atoms with Crippen LogP contribution in [0.2, 0.25) is 5.02 Å². The maximum atomic E-state index is 11.5. The lowest BCUT2D eigenvalue weighted by atomic mass is 10.2. The topological polar surface area (TPSA) is 63.6 Å². The number of hydrogen-bond donors (Lipinski definition) is 1. The fourth-order valence-corrected chi connectivity index (χ4v) is 3.30. The number of aromatic nitrogens is 1. The van der Waals surface area contributed by atoms with Crippen LogP contribution in [0.25, 0.3) is 0 Å². The maximum Gasteiger partial charge on any atom is 0.204 e. The maximum absolute atomic E-state index is 11.5. The van der Waals surface area contributed by atoms with Crippen molar-refractivity contribution in [1.82, 2.24) is 4.98 Å². The SMILES string of the molecule is CC(=O)c1sc(N/N=C/c2cccc(OCc3ccc(Cl)cc3)c2)nc1C. The van der Waals surface area contributed by atoms with Crippen LogP contribution in [0.15, 0.2) is 53.6 Å². The smallest absolute Gasteiger partial charge is 0.204 e. The van der Waals surface area contributed by atoms with E-state index in [1.165, 1.54) is 18.3 Å². The molecule has 7 heteroatoms. The fourth-order valence-electron chi connectivity index (χ4n) is 2.36. The molecule has 27 heavy (non-hydrogen) atoms. The molecular weight excluding hydrogens is 382 g/mol. The molecule has 0 amide bonds. The molecular formula is C20H18ClN3O2S. The number of halogens is 1. The quantitative estimate of drug-likeness (QED) is 0.331. The first-order chi connectivity index (χ1) is 13.0. The molecule has 0 bridgehead atoms. The van der Waals surface area contributed by atoms with Gasteiger partial charge < -0.3 is 4.74 Å². The van der Waals surface area contributed by atoms with Crippen molar-refractivity contribution in [3.8, 4) is 5.75 Å². The summed E-state index contributed by atoms with van der Waals surface area (Å²) in [4.78, 5) is 16.4. The van der Waals surface area contributed by atoms with E-state index in [0.717, 1.165) is 16.9 Å². The molecule has 0 aliphatic carbocycles. The molecule has 138 valence electrons. The van der Waals surface area contributed by atoms with E-state index in [4.69, 9.17) is 16.3 Å². The molecule has 1 N–H and O–H groups in total. The minimum Gasteiger partial charge on any atom is -0.489 e. The average Bonchev–Trinajstić information content (AvgIpc) is 3.02. The van der Waals surface area contributed by atoms with E-state index in [-0.39, 0.29) is 5.78 Å². The number of nitrogens with one attached hydrogen (secondary N) is 1. The zero-order valence-electron chi connectivity index (χ0n) is 14.9. The highest BCUT2D eigenvalue weighted by molar-refractivity contribution is 7.17. The van der Waals surface area contributed by atoms with Crippen molar-refractivity contribution in [1.29, 1.82) is 0 Å². The molecule has 3 aromatic rings. The number of Topliss-reactive ketones (excluding diaryl/α,β-unsaturated/α-hetero) is 1. The van der Waals surface area contributed by atoms with Gasteiger partial charge in [0.25, 0.3) is 0 Å². The molecule has 1 aromatic heterocycles. The summed E-state index contributed by atoms with van der Waals surface area (Å²) in [6.07, 6.45) is 1.68.